The van der Waals surface area contributed by atoms with Crippen LogP contribution in [0.3, 0.4) is 0 Å². The van der Waals surface area contributed by atoms with Crippen molar-refractivity contribution in [2.75, 3.05) is 19.7 Å². The van der Waals surface area contributed by atoms with Gasteiger partial charge in [-0.25, -0.2) is 14.3 Å². The maximum absolute atomic E-state index is 13.4. The van der Waals surface area contributed by atoms with Crippen molar-refractivity contribution in [2.45, 2.75) is 50.8 Å². The van der Waals surface area contributed by atoms with Crippen LogP contribution < -0.4 is 0 Å². The summed E-state index contributed by atoms with van der Waals surface area (Å²) in [4.78, 5) is 28.2. The van der Waals surface area contributed by atoms with Crippen molar-refractivity contribution in [3.8, 4) is 11.3 Å². The summed E-state index contributed by atoms with van der Waals surface area (Å²) in [7, 11) is 0. The van der Waals surface area contributed by atoms with Gasteiger partial charge in [-0.2, -0.15) is 10.2 Å². The third kappa shape index (κ3) is 5.86. The Balaban J connectivity index is 1.20. The Morgan fingerprint density at radius 3 is 1.87 bits per heavy atom. The molecule has 0 radical (unpaired) electrons. The van der Waals surface area contributed by atoms with Gasteiger partial charge in [0.1, 0.15) is 12.1 Å². The van der Waals surface area contributed by atoms with Gasteiger partial charge in [-0.3, -0.25) is 4.68 Å². The van der Waals surface area contributed by atoms with E-state index in [1.54, 1.807) is 4.90 Å². The van der Waals surface area contributed by atoms with Crippen LogP contribution in [0, 0.1) is 0 Å². The Bertz CT molecular complexity index is 2060. The molecule has 3 heterocycles. The van der Waals surface area contributed by atoms with E-state index in [1.807, 2.05) is 66.3 Å². The Kier molecular flexibility index (Phi) is 9.16. The van der Waals surface area contributed by atoms with Crippen molar-refractivity contribution in [3.05, 3.63) is 167 Å². The number of fused-ring (bicyclic) bond motifs is 3. The number of amides is 1. The highest BCUT2D eigenvalue weighted by molar-refractivity contribution is 5.92. The molecule has 4 aromatic carbocycles. The van der Waals surface area contributed by atoms with Crippen LogP contribution >= 0.6 is 0 Å². The molecule has 0 N–H and O–H groups in total. The summed E-state index contributed by atoms with van der Waals surface area (Å²) in [5, 5.41) is 10.2. The summed E-state index contributed by atoms with van der Waals surface area (Å²) in [6.07, 6.45) is 4.24. The molecule has 0 saturated carbocycles. The van der Waals surface area contributed by atoms with Crippen molar-refractivity contribution in [1.82, 2.24) is 24.5 Å². The molecule has 2 aromatic heterocycles. The predicted molar refractivity (Wildman–Crippen MR) is 198 cm³/mol. The van der Waals surface area contributed by atoms with E-state index < -0.39 is 11.5 Å². The predicted octanol–water partition coefficient (Wildman–Crippen LogP) is 7.84. The number of benzene rings is 4. The number of carbonyl (C=O) groups excluding carboxylic acids is 2. The van der Waals surface area contributed by atoms with Crippen LogP contribution in [-0.2, 0) is 34.5 Å². The molecule has 2 aliphatic rings. The Hall–Kier alpha value is -5.96. The number of nitrogens with zero attached hydrogens (tertiary/aromatic N) is 5. The molecule has 0 spiro atoms. The molecule has 0 bridgehead atoms. The molecular weight excluding hydrogens is 651 g/mol. The van der Waals surface area contributed by atoms with Crippen LogP contribution in [-0.4, -0.2) is 56.2 Å². The summed E-state index contributed by atoms with van der Waals surface area (Å²) < 4.78 is 15.4. The lowest BCUT2D eigenvalue weighted by Crippen LogP contribution is -2.40. The van der Waals surface area contributed by atoms with E-state index in [0.29, 0.717) is 44.5 Å². The van der Waals surface area contributed by atoms with Gasteiger partial charge in [-0.05, 0) is 54.9 Å². The summed E-state index contributed by atoms with van der Waals surface area (Å²) in [6.45, 7) is 3.35. The van der Waals surface area contributed by atoms with Crippen LogP contribution in [0.4, 0.5) is 4.79 Å². The molecular formula is C43H41N5O4. The molecule has 9 nitrogen and oxygen atoms in total. The maximum Gasteiger partial charge on any atom is 0.410 e. The lowest BCUT2D eigenvalue weighted by Gasteiger charge is -2.38. The number of esters is 1. The highest BCUT2D eigenvalue weighted by atomic mass is 16.6. The van der Waals surface area contributed by atoms with Gasteiger partial charge < -0.3 is 14.4 Å². The fourth-order valence-corrected chi connectivity index (χ4v) is 7.97. The summed E-state index contributed by atoms with van der Waals surface area (Å²) in [5.41, 5.74) is 7.65. The monoisotopic (exact) mass is 691 g/mol. The van der Waals surface area contributed by atoms with Gasteiger partial charge in [-0.15, -0.1) is 0 Å². The lowest BCUT2D eigenvalue weighted by molar-refractivity contribution is 0.0516. The SMILES string of the molecule is CCOC(=O)c1nn(C2CCN(C(=O)OCc3ccccc3)CC2)c2c1CCc1c-2cnn1C(c1ccccc1)(c1ccccc1)c1ccccc1. The lowest BCUT2D eigenvalue weighted by atomic mass is 9.76. The van der Waals surface area contributed by atoms with Gasteiger partial charge in [0.2, 0.25) is 0 Å². The van der Waals surface area contributed by atoms with Crippen LogP contribution in [0.2, 0.25) is 0 Å². The zero-order chi connectivity index (χ0) is 35.5. The number of aromatic nitrogens is 4. The number of ether oxygens (including phenoxy) is 2. The first-order valence-corrected chi connectivity index (χ1v) is 18.1. The second-order valence-corrected chi connectivity index (χ2v) is 13.3. The maximum atomic E-state index is 13.4. The Labute approximate surface area is 303 Å². The first kappa shape index (κ1) is 33.2. The second-order valence-electron chi connectivity index (χ2n) is 13.3. The number of hydrogen-bond donors (Lipinski definition) is 0. The third-order valence-corrected chi connectivity index (χ3v) is 10.4. The third-order valence-electron chi connectivity index (χ3n) is 10.4. The molecule has 1 fully saturated rings. The Morgan fingerprint density at radius 1 is 0.750 bits per heavy atom. The van der Waals surface area contributed by atoms with Crippen LogP contribution in [0.15, 0.2) is 128 Å². The van der Waals surface area contributed by atoms with E-state index in [1.165, 1.54) is 0 Å². The molecule has 1 aliphatic carbocycles. The van der Waals surface area contributed by atoms with Gasteiger partial charge in [0.25, 0.3) is 0 Å². The minimum atomic E-state index is -0.769. The Morgan fingerprint density at radius 2 is 1.31 bits per heavy atom. The van der Waals surface area contributed by atoms with E-state index in [4.69, 9.17) is 19.7 Å². The number of carbonyl (C=O) groups is 2. The summed E-state index contributed by atoms with van der Waals surface area (Å²) >= 11 is 0. The minimum Gasteiger partial charge on any atom is -0.461 e. The normalized spacial score (nSPS) is 14.4. The molecule has 262 valence electrons. The molecule has 52 heavy (non-hydrogen) atoms. The van der Waals surface area contributed by atoms with Crippen molar-refractivity contribution in [2.24, 2.45) is 0 Å². The van der Waals surface area contributed by atoms with Gasteiger partial charge in [0, 0.05) is 24.2 Å². The van der Waals surface area contributed by atoms with E-state index in [0.717, 1.165) is 44.8 Å². The zero-order valence-electron chi connectivity index (χ0n) is 29.2. The van der Waals surface area contributed by atoms with E-state index in [2.05, 4.69) is 77.5 Å². The molecule has 1 amide bonds. The second kappa shape index (κ2) is 14.3. The molecule has 6 aromatic rings. The van der Waals surface area contributed by atoms with Gasteiger partial charge in [0.05, 0.1) is 30.2 Å². The van der Waals surface area contributed by atoms with Crippen LogP contribution in [0.5, 0.6) is 0 Å². The smallest absolute Gasteiger partial charge is 0.410 e. The van der Waals surface area contributed by atoms with Gasteiger partial charge in [-0.1, -0.05) is 121 Å². The van der Waals surface area contributed by atoms with E-state index in [9.17, 15) is 9.59 Å². The summed E-state index contributed by atoms with van der Waals surface area (Å²) in [6, 6.07) is 41.3. The standard InChI is InChI=1S/C43H41N5O4/c1-2-51-41(49)39-36-23-24-38-37(40(36)47(45-39)35-25-27-46(28-26-35)42(50)52-30-31-15-7-3-8-16-31)29-44-48(38)43(32-17-9-4-10-18-32,33-19-11-5-12-20-33)34-21-13-6-14-22-34/h3-22,29,35H,2,23-28,30H2,1H3. The molecule has 0 atom stereocenters. The van der Waals surface area contributed by atoms with E-state index >= 15 is 0 Å². The highest BCUT2D eigenvalue weighted by Gasteiger charge is 2.43. The van der Waals surface area contributed by atoms with Crippen molar-refractivity contribution in [3.63, 3.8) is 0 Å². The first-order chi connectivity index (χ1) is 25.6. The fraction of sp³-hybridized carbons (Fsp3) is 0.256. The number of piperidine rings is 1. The van der Waals surface area contributed by atoms with Crippen molar-refractivity contribution < 1.29 is 19.1 Å². The fourth-order valence-electron chi connectivity index (χ4n) is 7.97. The van der Waals surface area contributed by atoms with Crippen LogP contribution in [0.1, 0.15) is 69.8 Å². The van der Waals surface area contributed by atoms with Crippen molar-refractivity contribution >= 4 is 12.1 Å². The minimum absolute atomic E-state index is 0.0356. The quantitative estimate of drug-likeness (QED) is 0.113. The average Bonchev–Trinajstić information content (AvgIpc) is 3.82. The first-order valence-electron chi connectivity index (χ1n) is 18.1. The molecule has 1 aliphatic heterocycles. The molecule has 1 saturated heterocycles. The molecule has 8 rings (SSSR count). The highest BCUT2D eigenvalue weighted by Crippen LogP contribution is 2.46. The van der Waals surface area contributed by atoms with E-state index in [-0.39, 0.29) is 25.3 Å². The zero-order valence-corrected chi connectivity index (χ0v) is 29.2. The number of rotatable bonds is 9. The molecule has 9 heteroatoms. The largest absolute Gasteiger partial charge is 0.461 e. The van der Waals surface area contributed by atoms with Gasteiger partial charge in [0.15, 0.2) is 5.69 Å². The van der Waals surface area contributed by atoms with Crippen molar-refractivity contribution in [1.29, 1.82) is 0 Å². The molecule has 0 unspecified atom stereocenters. The number of hydrogen-bond acceptors (Lipinski definition) is 6. The average molecular weight is 692 g/mol. The summed E-state index contributed by atoms with van der Waals surface area (Å²) in [5.74, 6) is -0.414. The van der Waals surface area contributed by atoms with Gasteiger partial charge >= 0.3 is 12.1 Å². The topological polar surface area (TPSA) is 91.5 Å². The van der Waals surface area contributed by atoms with Crippen LogP contribution in [0.25, 0.3) is 11.3 Å². The number of likely N-dealkylation sites (tertiary alicyclic amines) is 1.